The lowest BCUT2D eigenvalue weighted by Gasteiger charge is -2.25. The number of fused-ring (bicyclic) bond motifs is 1. The van der Waals surface area contributed by atoms with E-state index >= 15 is 0 Å². The Morgan fingerprint density at radius 3 is 1.93 bits per heavy atom. The summed E-state index contributed by atoms with van der Waals surface area (Å²) in [6, 6.07) is 23.8. The maximum atomic E-state index is 13.5. The summed E-state index contributed by atoms with van der Waals surface area (Å²) in [6.45, 7) is 6.17. The smallest absolute Gasteiger partial charge is 0.380 e. The van der Waals surface area contributed by atoms with Gasteiger partial charge in [0.15, 0.2) is 0 Å². The third-order valence-corrected chi connectivity index (χ3v) is 5.23. The van der Waals surface area contributed by atoms with Crippen LogP contribution in [-0.4, -0.2) is 5.54 Å². The van der Waals surface area contributed by atoms with Crippen molar-refractivity contribution in [2.75, 3.05) is 0 Å². The van der Waals surface area contributed by atoms with Crippen molar-refractivity contribution >= 4 is 11.3 Å². The number of hydrogen-bond acceptors (Lipinski definition) is 1. The van der Waals surface area contributed by atoms with Crippen molar-refractivity contribution in [1.82, 2.24) is 5.32 Å². The minimum atomic E-state index is -4.39. The summed E-state index contributed by atoms with van der Waals surface area (Å²) in [6.07, 6.45) is -4.39. The normalized spacial score (nSPS) is 16.5. The molecule has 0 radical (unpaired) electrons. The Labute approximate surface area is 175 Å². The SMILES string of the molecule is CC(C)(C)NC1=C(c2ccccc2)C(c2ccccc2)c2cc(C(F)(F)F)ccc21. The molecule has 0 saturated carbocycles. The van der Waals surface area contributed by atoms with Crippen molar-refractivity contribution in [1.29, 1.82) is 0 Å². The summed E-state index contributed by atoms with van der Waals surface area (Å²) >= 11 is 0. The molecule has 4 heteroatoms. The Kier molecular flexibility index (Phi) is 4.97. The fourth-order valence-electron chi connectivity index (χ4n) is 4.08. The Morgan fingerprint density at radius 2 is 1.37 bits per heavy atom. The van der Waals surface area contributed by atoms with Gasteiger partial charge < -0.3 is 5.32 Å². The summed E-state index contributed by atoms with van der Waals surface area (Å²) in [5, 5.41) is 3.58. The summed E-state index contributed by atoms with van der Waals surface area (Å²) in [5.41, 5.74) is 4.52. The molecule has 154 valence electrons. The number of benzene rings is 3. The van der Waals surface area contributed by atoms with Gasteiger partial charge in [-0.1, -0.05) is 66.7 Å². The predicted molar refractivity (Wildman–Crippen MR) is 116 cm³/mol. The van der Waals surface area contributed by atoms with Gasteiger partial charge in [-0.3, -0.25) is 0 Å². The average Bonchev–Trinajstić information content (AvgIpc) is 3.00. The zero-order valence-corrected chi connectivity index (χ0v) is 17.2. The third-order valence-electron chi connectivity index (χ3n) is 5.23. The fraction of sp³-hybridized carbons (Fsp3) is 0.231. The molecule has 0 bridgehead atoms. The van der Waals surface area contributed by atoms with Crippen molar-refractivity contribution < 1.29 is 13.2 Å². The van der Waals surface area contributed by atoms with Crippen molar-refractivity contribution in [2.24, 2.45) is 0 Å². The van der Waals surface area contributed by atoms with Crippen LogP contribution in [0.3, 0.4) is 0 Å². The lowest BCUT2D eigenvalue weighted by Crippen LogP contribution is -2.34. The first-order valence-corrected chi connectivity index (χ1v) is 9.99. The topological polar surface area (TPSA) is 12.0 Å². The highest BCUT2D eigenvalue weighted by Gasteiger charge is 2.38. The van der Waals surface area contributed by atoms with E-state index in [0.717, 1.165) is 28.0 Å². The first-order chi connectivity index (χ1) is 14.1. The van der Waals surface area contributed by atoms with Crippen LogP contribution >= 0.6 is 0 Å². The van der Waals surface area contributed by atoms with E-state index in [9.17, 15) is 13.2 Å². The van der Waals surface area contributed by atoms with E-state index in [1.165, 1.54) is 12.1 Å². The summed E-state index contributed by atoms with van der Waals surface area (Å²) in [5.74, 6) is -0.282. The molecule has 3 aromatic rings. The Bertz CT molecular complexity index is 1070. The molecule has 1 unspecified atom stereocenters. The van der Waals surface area contributed by atoms with Gasteiger partial charge >= 0.3 is 6.18 Å². The monoisotopic (exact) mass is 407 g/mol. The van der Waals surface area contributed by atoms with Crippen LogP contribution in [0.2, 0.25) is 0 Å². The van der Waals surface area contributed by atoms with Gasteiger partial charge in [0, 0.05) is 22.7 Å². The highest BCUT2D eigenvalue weighted by Crippen LogP contribution is 2.50. The molecule has 1 nitrogen and oxygen atoms in total. The summed E-state index contributed by atoms with van der Waals surface area (Å²) in [7, 11) is 0. The van der Waals surface area contributed by atoms with E-state index in [-0.39, 0.29) is 11.5 Å². The summed E-state index contributed by atoms with van der Waals surface area (Å²) < 4.78 is 40.6. The van der Waals surface area contributed by atoms with E-state index < -0.39 is 11.7 Å². The highest BCUT2D eigenvalue weighted by atomic mass is 19.4. The van der Waals surface area contributed by atoms with Gasteiger partial charge in [0.2, 0.25) is 0 Å². The van der Waals surface area contributed by atoms with Gasteiger partial charge in [-0.15, -0.1) is 0 Å². The van der Waals surface area contributed by atoms with E-state index in [2.05, 4.69) is 26.1 Å². The molecular formula is C26H24F3N. The maximum Gasteiger partial charge on any atom is 0.416 e. The van der Waals surface area contributed by atoms with E-state index in [1.54, 1.807) is 6.07 Å². The molecule has 0 aliphatic heterocycles. The lowest BCUT2D eigenvalue weighted by atomic mass is 9.85. The Balaban J connectivity index is 2.01. The minimum Gasteiger partial charge on any atom is -0.380 e. The second kappa shape index (κ2) is 7.35. The average molecular weight is 407 g/mol. The van der Waals surface area contributed by atoms with Crippen molar-refractivity contribution in [3.8, 4) is 0 Å². The number of hydrogen-bond donors (Lipinski definition) is 1. The molecule has 0 aromatic heterocycles. The molecule has 4 rings (SSSR count). The van der Waals surface area contributed by atoms with Crippen LogP contribution in [0.1, 0.15) is 54.5 Å². The van der Waals surface area contributed by atoms with Crippen LogP contribution in [-0.2, 0) is 6.18 Å². The first-order valence-electron chi connectivity index (χ1n) is 9.99. The van der Waals surface area contributed by atoms with Crippen molar-refractivity contribution in [2.45, 2.75) is 38.4 Å². The largest absolute Gasteiger partial charge is 0.416 e. The zero-order valence-electron chi connectivity index (χ0n) is 17.2. The summed E-state index contributed by atoms with van der Waals surface area (Å²) in [4.78, 5) is 0. The molecule has 1 atom stereocenters. The molecule has 1 aliphatic rings. The molecule has 0 heterocycles. The van der Waals surface area contributed by atoms with Crippen LogP contribution < -0.4 is 5.32 Å². The molecule has 0 fully saturated rings. The Hall–Kier alpha value is -3.01. The van der Waals surface area contributed by atoms with Crippen molar-refractivity contribution in [3.63, 3.8) is 0 Å². The second-order valence-corrected chi connectivity index (χ2v) is 8.67. The van der Waals surface area contributed by atoms with Crippen molar-refractivity contribution in [3.05, 3.63) is 107 Å². The maximum absolute atomic E-state index is 13.5. The molecule has 0 spiro atoms. The van der Waals surface area contributed by atoms with Gasteiger partial charge in [0.1, 0.15) is 0 Å². The number of halogens is 3. The number of nitrogens with one attached hydrogen (secondary N) is 1. The van der Waals surface area contributed by atoms with Crippen LogP contribution in [0.15, 0.2) is 78.9 Å². The van der Waals surface area contributed by atoms with Crippen LogP contribution in [0.5, 0.6) is 0 Å². The van der Waals surface area contributed by atoms with Gasteiger partial charge in [-0.05, 0) is 55.2 Å². The molecule has 1 N–H and O–H groups in total. The van der Waals surface area contributed by atoms with E-state index in [4.69, 9.17) is 0 Å². The van der Waals surface area contributed by atoms with Gasteiger partial charge in [0.25, 0.3) is 0 Å². The number of allylic oxidation sites excluding steroid dienone is 1. The molecular weight excluding hydrogens is 383 g/mol. The van der Waals surface area contributed by atoms with E-state index in [0.29, 0.717) is 5.56 Å². The second-order valence-electron chi connectivity index (χ2n) is 8.67. The van der Waals surface area contributed by atoms with Crippen LogP contribution in [0.25, 0.3) is 11.3 Å². The minimum absolute atomic E-state index is 0.249. The fourth-order valence-corrected chi connectivity index (χ4v) is 4.08. The molecule has 0 amide bonds. The third kappa shape index (κ3) is 3.87. The first kappa shape index (κ1) is 20.3. The number of rotatable bonds is 3. The number of alkyl halides is 3. The molecule has 30 heavy (non-hydrogen) atoms. The lowest BCUT2D eigenvalue weighted by molar-refractivity contribution is -0.137. The Morgan fingerprint density at radius 1 is 0.767 bits per heavy atom. The van der Waals surface area contributed by atoms with Gasteiger partial charge in [-0.2, -0.15) is 13.2 Å². The zero-order chi connectivity index (χ0) is 21.5. The standard InChI is InChI=1S/C26H24F3N/c1-25(2,3)30-24-20-15-14-19(26(27,28)29)16-21(20)22(17-10-6-4-7-11-17)23(24)18-12-8-5-9-13-18/h4-16,22,30H,1-3H3. The van der Waals surface area contributed by atoms with E-state index in [1.807, 2.05) is 60.7 Å². The molecule has 3 aromatic carbocycles. The van der Waals surface area contributed by atoms with Gasteiger partial charge in [0.05, 0.1) is 5.56 Å². The molecule has 0 saturated heterocycles. The molecule has 1 aliphatic carbocycles. The quantitative estimate of drug-likeness (QED) is 0.488. The predicted octanol–water partition coefficient (Wildman–Crippen LogP) is 7.11. The van der Waals surface area contributed by atoms with Gasteiger partial charge in [-0.25, -0.2) is 0 Å². The van der Waals surface area contributed by atoms with Crippen LogP contribution in [0.4, 0.5) is 13.2 Å². The highest BCUT2D eigenvalue weighted by molar-refractivity contribution is 6.00. The van der Waals surface area contributed by atoms with Crippen LogP contribution in [0, 0.1) is 0 Å².